The Balaban J connectivity index is 1.45. The number of nitrogens with zero attached hydrogens (tertiary/aromatic N) is 4. The second kappa shape index (κ2) is 7.00. The van der Waals surface area contributed by atoms with E-state index < -0.39 is 21.9 Å². The number of anilines is 1. The summed E-state index contributed by atoms with van der Waals surface area (Å²) in [6, 6.07) is 7.47. The molecule has 0 N–H and O–H groups in total. The molecular weight excluding hydrogens is 393 g/mol. The summed E-state index contributed by atoms with van der Waals surface area (Å²) in [7, 11) is -3.59. The number of hydrogen-bond acceptors (Lipinski definition) is 5. The van der Waals surface area contributed by atoms with Crippen LogP contribution in [-0.4, -0.2) is 49.1 Å². The van der Waals surface area contributed by atoms with Crippen molar-refractivity contribution in [3.8, 4) is 0 Å². The van der Waals surface area contributed by atoms with Crippen LogP contribution in [-0.2, 0) is 29.0 Å². The summed E-state index contributed by atoms with van der Waals surface area (Å²) in [6.07, 6.45) is -1.60. The monoisotopic (exact) mass is 412 g/mol. The van der Waals surface area contributed by atoms with E-state index in [1.807, 2.05) is 6.07 Å². The first kappa shape index (κ1) is 19.1. The molecule has 2 heterocycles. The van der Waals surface area contributed by atoms with Crippen LogP contribution < -0.4 is 4.90 Å². The van der Waals surface area contributed by atoms with Crippen molar-refractivity contribution >= 4 is 15.8 Å². The van der Waals surface area contributed by atoms with Gasteiger partial charge in [-0.3, -0.25) is 0 Å². The minimum Gasteiger partial charge on any atom is -0.352 e. The van der Waals surface area contributed by atoms with E-state index >= 15 is 0 Å². The lowest BCUT2D eigenvalue weighted by atomic mass is 10.1. The van der Waals surface area contributed by atoms with Crippen LogP contribution in [0, 0.1) is 0 Å². The molecule has 0 saturated carbocycles. The maximum atomic E-state index is 12.9. The first-order chi connectivity index (χ1) is 13.2. The Kier molecular flexibility index (Phi) is 4.78. The smallest absolute Gasteiger partial charge is 0.352 e. The molecule has 0 unspecified atom stereocenters. The van der Waals surface area contributed by atoms with Crippen LogP contribution in [0.25, 0.3) is 0 Å². The molecule has 1 fully saturated rings. The SMILES string of the molecule is O=S(=O)(c1ccc2c(c1)CCC2)N1CCN(c2ccc(C(F)(F)F)nn2)CC1. The maximum Gasteiger partial charge on any atom is 0.435 e. The van der Waals surface area contributed by atoms with Crippen molar-refractivity contribution in [2.45, 2.75) is 30.3 Å². The number of fused-ring (bicyclic) bond motifs is 1. The Hall–Kier alpha value is -2.20. The predicted octanol–water partition coefficient (Wildman–Crippen LogP) is 2.50. The second-order valence-electron chi connectivity index (χ2n) is 6.95. The molecule has 150 valence electrons. The van der Waals surface area contributed by atoms with Crippen LogP contribution in [0.3, 0.4) is 0 Å². The number of benzene rings is 1. The van der Waals surface area contributed by atoms with Gasteiger partial charge < -0.3 is 4.90 Å². The van der Waals surface area contributed by atoms with E-state index in [0.717, 1.165) is 30.9 Å². The number of aryl methyl sites for hydroxylation is 2. The van der Waals surface area contributed by atoms with Gasteiger partial charge in [0, 0.05) is 26.2 Å². The fraction of sp³-hybridized carbons (Fsp3) is 0.444. The molecule has 28 heavy (non-hydrogen) atoms. The molecular formula is C18H19F3N4O2S. The van der Waals surface area contributed by atoms with Gasteiger partial charge in [-0.25, -0.2) is 8.42 Å². The Morgan fingerprint density at radius 3 is 2.25 bits per heavy atom. The first-order valence-corrected chi connectivity index (χ1v) is 10.5. The van der Waals surface area contributed by atoms with E-state index in [1.165, 1.54) is 15.9 Å². The molecule has 0 atom stereocenters. The Bertz CT molecular complexity index is 969. The normalized spacial score (nSPS) is 18.3. The van der Waals surface area contributed by atoms with Gasteiger partial charge in [-0.1, -0.05) is 6.07 Å². The number of hydrogen-bond donors (Lipinski definition) is 0. The third-order valence-corrected chi connectivity index (χ3v) is 7.11. The highest BCUT2D eigenvalue weighted by Gasteiger charge is 2.34. The summed E-state index contributed by atoms with van der Waals surface area (Å²) >= 11 is 0. The van der Waals surface area contributed by atoms with Crippen molar-refractivity contribution in [2.24, 2.45) is 0 Å². The number of piperazine rings is 1. The molecule has 1 aliphatic carbocycles. The minimum atomic E-state index is -4.53. The summed E-state index contributed by atoms with van der Waals surface area (Å²) in [4.78, 5) is 2.04. The molecule has 0 radical (unpaired) electrons. The molecule has 1 aromatic carbocycles. The van der Waals surface area contributed by atoms with Crippen LogP contribution in [0.1, 0.15) is 23.2 Å². The minimum absolute atomic E-state index is 0.238. The van der Waals surface area contributed by atoms with Crippen molar-refractivity contribution in [2.75, 3.05) is 31.1 Å². The zero-order valence-electron chi connectivity index (χ0n) is 15.0. The van der Waals surface area contributed by atoms with E-state index in [1.54, 1.807) is 17.0 Å². The molecule has 2 aromatic rings. The summed E-state index contributed by atoms with van der Waals surface area (Å²) in [5.74, 6) is 0.308. The standard InChI is InChI=1S/C18H19F3N4O2S/c19-18(20,21)16-6-7-17(23-22-16)24-8-10-25(11-9-24)28(26,27)15-5-4-13-2-1-3-14(13)12-15/h4-7,12H,1-3,8-11H2. The molecule has 4 rings (SSSR count). The molecule has 10 heteroatoms. The summed E-state index contributed by atoms with van der Waals surface area (Å²) in [6.45, 7) is 1.15. The van der Waals surface area contributed by atoms with Crippen LogP contribution in [0.2, 0.25) is 0 Å². The van der Waals surface area contributed by atoms with Gasteiger partial charge in [0.15, 0.2) is 11.5 Å². The topological polar surface area (TPSA) is 66.4 Å². The van der Waals surface area contributed by atoms with Crippen molar-refractivity contribution < 1.29 is 21.6 Å². The van der Waals surface area contributed by atoms with Gasteiger partial charge in [0.05, 0.1) is 4.90 Å². The number of sulfonamides is 1. The lowest BCUT2D eigenvalue weighted by Gasteiger charge is -2.34. The molecule has 1 aromatic heterocycles. The van der Waals surface area contributed by atoms with Gasteiger partial charge in [-0.2, -0.15) is 17.5 Å². The fourth-order valence-corrected chi connectivity index (χ4v) is 5.13. The number of alkyl halides is 3. The van der Waals surface area contributed by atoms with E-state index in [2.05, 4.69) is 10.2 Å². The molecule has 0 spiro atoms. The highest BCUT2D eigenvalue weighted by Crippen LogP contribution is 2.29. The van der Waals surface area contributed by atoms with Crippen LogP contribution >= 0.6 is 0 Å². The summed E-state index contributed by atoms with van der Waals surface area (Å²) < 4.78 is 65.1. The maximum absolute atomic E-state index is 12.9. The van der Waals surface area contributed by atoms with Gasteiger partial charge in [-0.15, -0.1) is 10.2 Å². The van der Waals surface area contributed by atoms with Crippen molar-refractivity contribution in [3.05, 3.63) is 47.2 Å². The summed E-state index contributed by atoms with van der Waals surface area (Å²) in [5.41, 5.74) is 1.26. The quantitative estimate of drug-likeness (QED) is 0.775. The van der Waals surface area contributed by atoms with Crippen LogP contribution in [0.5, 0.6) is 0 Å². The van der Waals surface area contributed by atoms with Gasteiger partial charge in [0.25, 0.3) is 0 Å². The van der Waals surface area contributed by atoms with Gasteiger partial charge in [-0.05, 0) is 54.7 Å². The van der Waals surface area contributed by atoms with Crippen LogP contribution in [0.4, 0.5) is 19.0 Å². The van der Waals surface area contributed by atoms with Crippen molar-refractivity contribution in [3.63, 3.8) is 0 Å². The first-order valence-electron chi connectivity index (χ1n) is 9.03. The lowest BCUT2D eigenvalue weighted by Crippen LogP contribution is -2.49. The lowest BCUT2D eigenvalue weighted by molar-refractivity contribution is -0.141. The number of aromatic nitrogens is 2. The Morgan fingerprint density at radius 1 is 0.893 bits per heavy atom. The highest BCUT2D eigenvalue weighted by atomic mass is 32.2. The average molecular weight is 412 g/mol. The zero-order chi connectivity index (χ0) is 19.9. The summed E-state index contributed by atoms with van der Waals surface area (Å²) in [5, 5.41) is 6.87. The molecule has 0 amide bonds. The van der Waals surface area contributed by atoms with Crippen LogP contribution in [0.15, 0.2) is 35.2 Å². The van der Waals surface area contributed by atoms with E-state index in [0.29, 0.717) is 23.8 Å². The van der Waals surface area contributed by atoms with E-state index in [9.17, 15) is 21.6 Å². The third-order valence-electron chi connectivity index (χ3n) is 5.21. The molecule has 1 saturated heterocycles. The average Bonchev–Trinajstić information content (AvgIpc) is 3.15. The Morgan fingerprint density at radius 2 is 1.61 bits per heavy atom. The van der Waals surface area contributed by atoms with Crippen molar-refractivity contribution in [1.29, 1.82) is 0 Å². The molecule has 2 aliphatic rings. The number of rotatable bonds is 3. The zero-order valence-corrected chi connectivity index (χ0v) is 15.8. The number of halogens is 3. The predicted molar refractivity (Wildman–Crippen MR) is 96.5 cm³/mol. The fourth-order valence-electron chi connectivity index (χ4n) is 3.66. The van der Waals surface area contributed by atoms with Crippen molar-refractivity contribution in [1.82, 2.24) is 14.5 Å². The highest BCUT2D eigenvalue weighted by molar-refractivity contribution is 7.89. The van der Waals surface area contributed by atoms with Gasteiger partial charge in [0.2, 0.25) is 10.0 Å². The molecule has 1 aliphatic heterocycles. The third kappa shape index (κ3) is 3.58. The van der Waals surface area contributed by atoms with Gasteiger partial charge in [0.1, 0.15) is 0 Å². The van der Waals surface area contributed by atoms with E-state index in [-0.39, 0.29) is 13.1 Å². The van der Waals surface area contributed by atoms with Gasteiger partial charge >= 0.3 is 6.18 Å². The largest absolute Gasteiger partial charge is 0.435 e. The Labute approximate surface area is 161 Å². The molecule has 6 nitrogen and oxygen atoms in total. The molecule has 0 bridgehead atoms. The second-order valence-corrected chi connectivity index (χ2v) is 8.89. The van der Waals surface area contributed by atoms with E-state index in [4.69, 9.17) is 0 Å².